The first-order chi connectivity index (χ1) is 9.28. The minimum atomic E-state index is -0.189. The van der Waals surface area contributed by atoms with Crippen molar-refractivity contribution in [3.8, 4) is 11.8 Å². The summed E-state index contributed by atoms with van der Waals surface area (Å²) in [4.78, 5) is 15.1. The SMILES string of the molecule is O=C(c1sccc1C#CCO)N1CC2CCC(C1)O2. The molecule has 0 aliphatic carbocycles. The number of hydrogen-bond donors (Lipinski definition) is 1. The van der Waals surface area contributed by atoms with E-state index >= 15 is 0 Å². The zero-order valence-corrected chi connectivity index (χ0v) is 11.3. The van der Waals surface area contributed by atoms with E-state index < -0.39 is 0 Å². The number of fused-ring (bicyclic) bond motifs is 2. The Balaban J connectivity index is 1.79. The lowest BCUT2D eigenvalue weighted by molar-refractivity contribution is -0.0302. The summed E-state index contributed by atoms with van der Waals surface area (Å²) in [5, 5.41) is 10.6. The van der Waals surface area contributed by atoms with E-state index in [1.54, 1.807) is 0 Å². The van der Waals surface area contributed by atoms with E-state index in [0.29, 0.717) is 23.5 Å². The first kappa shape index (κ1) is 12.7. The molecule has 2 unspecified atom stereocenters. The maximum absolute atomic E-state index is 12.5. The van der Waals surface area contributed by atoms with Gasteiger partial charge in [-0.05, 0) is 24.3 Å². The van der Waals surface area contributed by atoms with E-state index in [-0.39, 0.29) is 24.7 Å². The third kappa shape index (κ3) is 2.52. The second-order valence-corrected chi connectivity index (χ2v) is 5.71. The number of carbonyl (C=O) groups is 1. The zero-order chi connectivity index (χ0) is 13.2. The molecule has 2 aliphatic heterocycles. The zero-order valence-electron chi connectivity index (χ0n) is 10.5. The molecule has 5 heteroatoms. The molecule has 3 rings (SSSR count). The summed E-state index contributed by atoms with van der Waals surface area (Å²) in [5.41, 5.74) is 0.711. The molecule has 4 nitrogen and oxygen atoms in total. The molecule has 1 amide bonds. The fourth-order valence-corrected chi connectivity index (χ4v) is 3.45. The molecule has 3 heterocycles. The Morgan fingerprint density at radius 2 is 2.21 bits per heavy atom. The highest BCUT2D eigenvalue weighted by Gasteiger charge is 2.36. The molecule has 2 fully saturated rings. The number of aliphatic hydroxyl groups is 1. The monoisotopic (exact) mass is 277 g/mol. The predicted molar refractivity (Wildman–Crippen MR) is 72.1 cm³/mol. The van der Waals surface area contributed by atoms with Gasteiger partial charge in [-0.3, -0.25) is 4.79 Å². The Labute approximate surface area is 116 Å². The highest BCUT2D eigenvalue weighted by molar-refractivity contribution is 7.12. The molecule has 1 N–H and O–H groups in total. The second kappa shape index (κ2) is 5.33. The lowest BCUT2D eigenvalue weighted by Crippen LogP contribution is -2.45. The van der Waals surface area contributed by atoms with E-state index in [1.807, 2.05) is 16.3 Å². The molecule has 0 aromatic carbocycles. The Hall–Kier alpha value is -1.35. The fraction of sp³-hybridized carbons (Fsp3) is 0.500. The topological polar surface area (TPSA) is 49.8 Å². The first-order valence-corrected chi connectivity index (χ1v) is 7.28. The number of nitrogens with zero attached hydrogens (tertiary/aromatic N) is 1. The van der Waals surface area contributed by atoms with Crippen LogP contribution in [0, 0.1) is 11.8 Å². The van der Waals surface area contributed by atoms with Crippen LogP contribution in [0.25, 0.3) is 0 Å². The number of amides is 1. The third-order valence-corrected chi connectivity index (χ3v) is 4.39. The maximum Gasteiger partial charge on any atom is 0.265 e. The summed E-state index contributed by atoms with van der Waals surface area (Å²) in [6.45, 7) is 1.17. The third-order valence-electron chi connectivity index (χ3n) is 3.49. The number of likely N-dealkylation sites (tertiary alicyclic amines) is 1. The lowest BCUT2D eigenvalue weighted by Gasteiger charge is -2.31. The first-order valence-electron chi connectivity index (χ1n) is 6.40. The molecule has 2 atom stereocenters. The number of hydrogen-bond acceptors (Lipinski definition) is 4. The number of ether oxygens (including phenoxy) is 1. The molecule has 19 heavy (non-hydrogen) atoms. The molecule has 0 radical (unpaired) electrons. The van der Waals surface area contributed by atoms with Gasteiger partial charge in [-0.2, -0.15) is 0 Å². The molecule has 2 bridgehead atoms. The molecular formula is C14H15NO3S. The standard InChI is InChI=1S/C14H15NO3S/c16-6-1-2-10-5-7-19-13(10)14(17)15-8-11-3-4-12(9-15)18-11/h5,7,11-12,16H,3-4,6,8-9H2. The summed E-state index contributed by atoms with van der Waals surface area (Å²) in [5.74, 6) is 5.47. The maximum atomic E-state index is 12.5. The van der Waals surface area contributed by atoms with Crippen LogP contribution in [0.2, 0.25) is 0 Å². The van der Waals surface area contributed by atoms with Crippen molar-refractivity contribution in [2.75, 3.05) is 19.7 Å². The number of aliphatic hydroxyl groups excluding tert-OH is 1. The molecule has 0 saturated carbocycles. The summed E-state index contributed by atoms with van der Waals surface area (Å²) in [7, 11) is 0. The molecular weight excluding hydrogens is 262 g/mol. The summed E-state index contributed by atoms with van der Waals surface area (Å²) >= 11 is 1.41. The van der Waals surface area contributed by atoms with Gasteiger partial charge in [-0.1, -0.05) is 11.8 Å². The predicted octanol–water partition coefficient (Wildman–Crippen LogP) is 1.10. The van der Waals surface area contributed by atoms with Crippen molar-refractivity contribution in [2.45, 2.75) is 25.0 Å². The van der Waals surface area contributed by atoms with E-state index in [4.69, 9.17) is 9.84 Å². The number of rotatable bonds is 1. The highest BCUT2D eigenvalue weighted by Crippen LogP contribution is 2.28. The number of morpholine rings is 1. The van der Waals surface area contributed by atoms with Gasteiger partial charge in [-0.15, -0.1) is 11.3 Å². The van der Waals surface area contributed by atoms with E-state index in [2.05, 4.69) is 11.8 Å². The molecule has 2 saturated heterocycles. The minimum Gasteiger partial charge on any atom is -0.384 e. The number of carbonyl (C=O) groups excluding carboxylic acids is 1. The lowest BCUT2D eigenvalue weighted by atomic mass is 10.2. The van der Waals surface area contributed by atoms with Crippen molar-refractivity contribution in [3.05, 3.63) is 21.9 Å². The Morgan fingerprint density at radius 1 is 1.47 bits per heavy atom. The molecule has 1 aromatic heterocycles. The highest BCUT2D eigenvalue weighted by atomic mass is 32.1. The van der Waals surface area contributed by atoms with Crippen LogP contribution in [-0.2, 0) is 4.74 Å². The summed E-state index contributed by atoms with van der Waals surface area (Å²) < 4.78 is 5.74. The van der Waals surface area contributed by atoms with Gasteiger partial charge in [0.1, 0.15) is 11.5 Å². The van der Waals surface area contributed by atoms with Gasteiger partial charge in [0.15, 0.2) is 0 Å². The molecule has 0 spiro atoms. The van der Waals surface area contributed by atoms with Gasteiger partial charge in [0.05, 0.1) is 12.2 Å². The van der Waals surface area contributed by atoms with Crippen molar-refractivity contribution in [1.29, 1.82) is 0 Å². The van der Waals surface area contributed by atoms with Crippen LogP contribution < -0.4 is 0 Å². The van der Waals surface area contributed by atoms with Crippen LogP contribution in [0.1, 0.15) is 28.1 Å². The van der Waals surface area contributed by atoms with E-state index in [0.717, 1.165) is 12.8 Å². The van der Waals surface area contributed by atoms with Crippen molar-refractivity contribution in [3.63, 3.8) is 0 Å². The molecule has 100 valence electrons. The fourth-order valence-electron chi connectivity index (χ4n) is 2.63. The Kier molecular flexibility index (Phi) is 3.56. The van der Waals surface area contributed by atoms with Crippen LogP contribution in [0.3, 0.4) is 0 Å². The number of thiophene rings is 1. The average Bonchev–Trinajstić information content (AvgIpc) is 3.02. The largest absolute Gasteiger partial charge is 0.384 e. The Morgan fingerprint density at radius 3 is 2.89 bits per heavy atom. The molecule has 2 aliphatic rings. The van der Waals surface area contributed by atoms with Crippen LogP contribution in [0.15, 0.2) is 11.4 Å². The van der Waals surface area contributed by atoms with E-state index in [1.165, 1.54) is 11.3 Å². The van der Waals surface area contributed by atoms with E-state index in [9.17, 15) is 4.79 Å². The smallest absolute Gasteiger partial charge is 0.265 e. The van der Waals surface area contributed by atoms with Gasteiger partial charge in [0.25, 0.3) is 5.91 Å². The van der Waals surface area contributed by atoms with Crippen LogP contribution in [-0.4, -0.2) is 47.8 Å². The summed E-state index contributed by atoms with van der Waals surface area (Å²) in [6, 6.07) is 1.83. The van der Waals surface area contributed by atoms with Crippen LogP contribution in [0.5, 0.6) is 0 Å². The van der Waals surface area contributed by atoms with Gasteiger partial charge >= 0.3 is 0 Å². The van der Waals surface area contributed by atoms with Gasteiger partial charge < -0.3 is 14.7 Å². The van der Waals surface area contributed by atoms with Gasteiger partial charge in [0, 0.05) is 18.7 Å². The second-order valence-electron chi connectivity index (χ2n) is 4.79. The van der Waals surface area contributed by atoms with Crippen molar-refractivity contribution in [2.24, 2.45) is 0 Å². The van der Waals surface area contributed by atoms with Crippen molar-refractivity contribution < 1.29 is 14.6 Å². The minimum absolute atomic E-state index is 0.0393. The van der Waals surface area contributed by atoms with Crippen molar-refractivity contribution in [1.82, 2.24) is 4.90 Å². The van der Waals surface area contributed by atoms with Gasteiger partial charge in [-0.25, -0.2) is 0 Å². The molecule has 1 aromatic rings. The summed E-state index contributed by atoms with van der Waals surface area (Å²) in [6.07, 6.45) is 2.51. The quantitative estimate of drug-likeness (QED) is 0.782. The Bertz CT molecular complexity index is 530. The van der Waals surface area contributed by atoms with Crippen LogP contribution in [0.4, 0.5) is 0 Å². The average molecular weight is 277 g/mol. The van der Waals surface area contributed by atoms with Gasteiger partial charge in [0.2, 0.25) is 0 Å². The van der Waals surface area contributed by atoms with Crippen molar-refractivity contribution >= 4 is 17.2 Å². The van der Waals surface area contributed by atoms with Crippen LogP contribution >= 0.6 is 11.3 Å². The normalized spacial score (nSPS) is 25.0.